The lowest BCUT2D eigenvalue weighted by atomic mass is 9.94. The number of thioether (sulfide) groups is 1. The van der Waals surface area contributed by atoms with Crippen molar-refractivity contribution in [3.05, 3.63) is 0 Å². The fourth-order valence-electron chi connectivity index (χ4n) is 2.97. The summed E-state index contributed by atoms with van der Waals surface area (Å²) in [7, 11) is 0. The maximum atomic E-state index is 9.26. The Balaban J connectivity index is 0.00000484. The smallest absolute Gasteiger partial charge is 0.193 e. The van der Waals surface area contributed by atoms with Crippen molar-refractivity contribution < 1.29 is 5.11 Å². The molecule has 1 fully saturated rings. The summed E-state index contributed by atoms with van der Waals surface area (Å²) in [6.07, 6.45) is 1.98. The normalized spacial score (nSPS) is 19.4. The molecule has 0 bridgehead atoms. The molecule has 1 unspecified atom stereocenters. The van der Waals surface area contributed by atoms with Crippen LogP contribution in [0, 0.1) is 11.8 Å². The van der Waals surface area contributed by atoms with Crippen molar-refractivity contribution >= 4 is 41.7 Å². The number of nitrogens with zero attached hydrogens (tertiary/aromatic N) is 2. The maximum Gasteiger partial charge on any atom is 0.193 e. The predicted molar refractivity (Wildman–Crippen MR) is 114 cm³/mol. The van der Waals surface area contributed by atoms with Gasteiger partial charge in [0.2, 0.25) is 0 Å². The summed E-state index contributed by atoms with van der Waals surface area (Å²) in [4.78, 5) is 7.28. The molecule has 1 aliphatic heterocycles. The van der Waals surface area contributed by atoms with Gasteiger partial charge in [-0.3, -0.25) is 4.99 Å². The molecule has 1 atom stereocenters. The minimum absolute atomic E-state index is 0. The predicted octanol–water partition coefficient (Wildman–Crippen LogP) is 3.44. The molecule has 0 saturated carbocycles. The zero-order valence-electron chi connectivity index (χ0n) is 15.5. The molecular weight excluding hydrogens is 421 g/mol. The number of halogens is 1. The van der Waals surface area contributed by atoms with Crippen LogP contribution in [0.15, 0.2) is 4.99 Å². The summed E-state index contributed by atoms with van der Waals surface area (Å²) in [5, 5.41) is 12.7. The first-order valence-corrected chi connectivity index (χ1v) is 9.64. The van der Waals surface area contributed by atoms with E-state index < -0.39 is 0 Å². The van der Waals surface area contributed by atoms with Crippen molar-refractivity contribution in [1.29, 1.82) is 0 Å². The van der Waals surface area contributed by atoms with Crippen LogP contribution in [0.25, 0.3) is 0 Å². The van der Waals surface area contributed by atoms with E-state index in [0.29, 0.717) is 11.8 Å². The van der Waals surface area contributed by atoms with Crippen LogP contribution >= 0.6 is 35.7 Å². The number of aliphatic imine (C=N–C) groups is 1. The average Bonchev–Trinajstić information content (AvgIpc) is 2.41. The molecule has 0 spiro atoms. The number of hydrogen-bond donors (Lipinski definition) is 2. The largest absolute Gasteiger partial charge is 0.396 e. The van der Waals surface area contributed by atoms with Crippen molar-refractivity contribution in [1.82, 2.24) is 10.2 Å². The van der Waals surface area contributed by atoms with Crippen molar-refractivity contribution in [2.45, 2.75) is 52.2 Å². The quantitative estimate of drug-likeness (QED) is 0.349. The highest BCUT2D eigenvalue weighted by Crippen LogP contribution is 2.29. The second-order valence-corrected chi connectivity index (χ2v) is 9.03. The molecule has 0 aliphatic carbocycles. The molecule has 0 aromatic heterocycles. The molecule has 1 heterocycles. The van der Waals surface area contributed by atoms with E-state index in [1.165, 1.54) is 0 Å². The van der Waals surface area contributed by atoms with Crippen LogP contribution in [0.5, 0.6) is 0 Å². The molecule has 2 N–H and O–H groups in total. The van der Waals surface area contributed by atoms with Crippen molar-refractivity contribution in [3.63, 3.8) is 0 Å². The topological polar surface area (TPSA) is 47.9 Å². The fraction of sp³-hybridized carbons (Fsp3) is 0.941. The van der Waals surface area contributed by atoms with Crippen LogP contribution in [0.4, 0.5) is 0 Å². The highest BCUT2D eigenvalue weighted by Gasteiger charge is 2.28. The molecule has 23 heavy (non-hydrogen) atoms. The Kier molecular flexibility index (Phi) is 12.0. The van der Waals surface area contributed by atoms with Gasteiger partial charge < -0.3 is 15.3 Å². The van der Waals surface area contributed by atoms with Crippen LogP contribution < -0.4 is 5.32 Å². The molecule has 0 aromatic rings. The summed E-state index contributed by atoms with van der Waals surface area (Å²) < 4.78 is 0.289. The molecule has 138 valence electrons. The summed E-state index contributed by atoms with van der Waals surface area (Å²) >= 11 is 2.04. The second kappa shape index (κ2) is 11.8. The van der Waals surface area contributed by atoms with Gasteiger partial charge in [0, 0.05) is 43.3 Å². The molecule has 0 radical (unpaired) electrons. The highest BCUT2D eigenvalue weighted by atomic mass is 127. The van der Waals surface area contributed by atoms with Gasteiger partial charge in [-0.05, 0) is 45.4 Å². The lowest BCUT2D eigenvalue weighted by molar-refractivity contribution is 0.245. The first-order chi connectivity index (χ1) is 10.4. The van der Waals surface area contributed by atoms with Crippen LogP contribution in [0.2, 0.25) is 0 Å². The van der Waals surface area contributed by atoms with Crippen LogP contribution in [0.1, 0.15) is 47.5 Å². The Bertz CT molecular complexity index is 351. The van der Waals surface area contributed by atoms with E-state index in [4.69, 9.17) is 4.99 Å². The van der Waals surface area contributed by atoms with Crippen LogP contribution in [-0.2, 0) is 0 Å². The molecule has 6 heteroatoms. The fourth-order valence-corrected chi connectivity index (χ4v) is 4.08. The Labute approximate surface area is 164 Å². The van der Waals surface area contributed by atoms with E-state index in [0.717, 1.165) is 50.7 Å². The van der Waals surface area contributed by atoms with Gasteiger partial charge in [-0.2, -0.15) is 11.8 Å². The summed E-state index contributed by atoms with van der Waals surface area (Å²) in [6, 6.07) is 0. The Morgan fingerprint density at radius 1 is 1.39 bits per heavy atom. The zero-order valence-corrected chi connectivity index (χ0v) is 18.6. The van der Waals surface area contributed by atoms with Gasteiger partial charge in [0.25, 0.3) is 0 Å². The van der Waals surface area contributed by atoms with E-state index in [1.54, 1.807) is 0 Å². The lowest BCUT2D eigenvalue weighted by Gasteiger charge is -2.39. The zero-order chi connectivity index (χ0) is 16.6. The lowest BCUT2D eigenvalue weighted by Crippen LogP contribution is -2.51. The standard InChI is InChI=1S/C17H35N3OS.HI/c1-6-18-16(20-8-10-22-17(4,5)13-20)19-12-15(7-9-21)11-14(2)3;/h14-15,21H,6-13H2,1-5H3,(H,18,19);1H. The highest BCUT2D eigenvalue weighted by molar-refractivity contribution is 14.0. The van der Waals surface area contributed by atoms with Gasteiger partial charge >= 0.3 is 0 Å². The first-order valence-electron chi connectivity index (χ1n) is 8.66. The van der Waals surface area contributed by atoms with Gasteiger partial charge in [-0.15, -0.1) is 24.0 Å². The van der Waals surface area contributed by atoms with E-state index in [2.05, 4.69) is 44.8 Å². The molecule has 0 amide bonds. The van der Waals surface area contributed by atoms with Gasteiger partial charge in [0.15, 0.2) is 5.96 Å². The van der Waals surface area contributed by atoms with Gasteiger partial charge in [0.1, 0.15) is 0 Å². The molecule has 1 saturated heterocycles. The van der Waals surface area contributed by atoms with E-state index in [9.17, 15) is 5.11 Å². The van der Waals surface area contributed by atoms with Gasteiger partial charge in [-0.1, -0.05) is 13.8 Å². The van der Waals surface area contributed by atoms with Crippen molar-refractivity contribution in [3.8, 4) is 0 Å². The molecule has 1 aliphatic rings. The first kappa shape index (κ1) is 23.3. The third-order valence-corrected chi connectivity index (χ3v) is 5.20. The van der Waals surface area contributed by atoms with Gasteiger partial charge in [0.05, 0.1) is 0 Å². The number of aliphatic hydroxyl groups is 1. The number of rotatable bonds is 7. The van der Waals surface area contributed by atoms with Crippen LogP contribution in [0.3, 0.4) is 0 Å². The Morgan fingerprint density at radius 2 is 2.09 bits per heavy atom. The Hall–Kier alpha value is 0.310. The van der Waals surface area contributed by atoms with E-state index >= 15 is 0 Å². The van der Waals surface area contributed by atoms with Crippen molar-refractivity contribution in [2.24, 2.45) is 16.8 Å². The average molecular weight is 457 g/mol. The Morgan fingerprint density at radius 3 is 2.61 bits per heavy atom. The third-order valence-electron chi connectivity index (χ3n) is 3.90. The van der Waals surface area contributed by atoms with Crippen LogP contribution in [-0.4, -0.2) is 59.3 Å². The molecular formula is C17H36IN3OS. The second-order valence-electron chi connectivity index (χ2n) is 7.23. The van der Waals surface area contributed by atoms with E-state index in [-0.39, 0.29) is 35.3 Å². The third kappa shape index (κ3) is 9.39. The molecule has 0 aromatic carbocycles. The number of nitrogens with one attached hydrogen (secondary N) is 1. The van der Waals surface area contributed by atoms with Gasteiger partial charge in [-0.25, -0.2) is 0 Å². The SMILES string of the molecule is CCNC(=NCC(CCO)CC(C)C)N1CCSC(C)(C)C1.I. The minimum atomic E-state index is 0. The van der Waals surface area contributed by atoms with Crippen molar-refractivity contribution in [2.75, 3.05) is 38.5 Å². The maximum absolute atomic E-state index is 9.26. The number of hydrogen-bond acceptors (Lipinski definition) is 3. The number of guanidine groups is 1. The summed E-state index contributed by atoms with van der Waals surface area (Å²) in [5.41, 5.74) is 0. The minimum Gasteiger partial charge on any atom is -0.396 e. The molecule has 1 rings (SSSR count). The molecule has 4 nitrogen and oxygen atoms in total. The summed E-state index contributed by atoms with van der Waals surface area (Å²) in [5.74, 6) is 3.33. The van der Waals surface area contributed by atoms with E-state index in [1.807, 2.05) is 11.8 Å². The monoisotopic (exact) mass is 457 g/mol. The number of aliphatic hydroxyl groups excluding tert-OH is 1. The summed E-state index contributed by atoms with van der Waals surface area (Å²) in [6.45, 7) is 15.3.